The molecule has 4 heterocycles. The Bertz CT molecular complexity index is 1310. The summed E-state index contributed by atoms with van der Waals surface area (Å²) in [4.78, 5) is 23.9. The van der Waals surface area contributed by atoms with E-state index in [1.807, 2.05) is 59.6 Å². The molecule has 1 fully saturated rings. The summed E-state index contributed by atoms with van der Waals surface area (Å²) in [6, 6.07) is 15.9. The van der Waals surface area contributed by atoms with Gasteiger partial charge in [0.15, 0.2) is 5.65 Å². The molecule has 1 N–H and O–H groups in total. The second-order valence-electron chi connectivity index (χ2n) is 8.38. The summed E-state index contributed by atoms with van der Waals surface area (Å²) in [6.07, 6.45) is 10.8. The van der Waals surface area contributed by atoms with Crippen LogP contribution in [0.15, 0.2) is 77.7 Å². The Morgan fingerprint density at radius 1 is 1.18 bits per heavy atom. The van der Waals surface area contributed by atoms with Crippen LogP contribution in [0.3, 0.4) is 0 Å². The zero-order valence-electron chi connectivity index (χ0n) is 18.6. The van der Waals surface area contributed by atoms with Crippen LogP contribution in [0.1, 0.15) is 35.6 Å². The van der Waals surface area contributed by atoms with E-state index in [1.54, 1.807) is 23.0 Å². The molecule has 0 saturated carbocycles. The van der Waals surface area contributed by atoms with Gasteiger partial charge < -0.3 is 10.2 Å². The van der Waals surface area contributed by atoms with Crippen LogP contribution in [-0.4, -0.2) is 43.5 Å². The van der Waals surface area contributed by atoms with Crippen LogP contribution < -0.4 is 5.32 Å². The van der Waals surface area contributed by atoms with Gasteiger partial charge in [-0.15, -0.1) is 0 Å². The van der Waals surface area contributed by atoms with Gasteiger partial charge in [-0.25, -0.2) is 4.98 Å². The van der Waals surface area contributed by atoms with Crippen LogP contribution in [0.4, 0.5) is 5.82 Å². The van der Waals surface area contributed by atoms with E-state index in [9.17, 15) is 4.79 Å². The smallest absolute Gasteiger partial charge is 0.246 e. The lowest BCUT2D eigenvalue weighted by Gasteiger charge is -2.32. The fourth-order valence-corrected chi connectivity index (χ4v) is 4.59. The van der Waals surface area contributed by atoms with Crippen molar-refractivity contribution in [1.82, 2.24) is 24.5 Å². The lowest BCUT2D eigenvalue weighted by Crippen LogP contribution is -2.38. The van der Waals surface area contributed by atoms with Crippen molar-refractivity contribution in [2.45, 2.75) is 25.3 Å². The number of carbonyl (C=O) groups excluding carboxylic acids is 1. The normalized spacial score (nSPS) is 16.3. The largest absolute Gasteiger partial charge is 0.366 e. The van der Waals surface area contributed by atoms with E-state index in [2.05, 4.69) is 37.4 Å². The topological polar surface area (TPSA) is 75.4 Å². The van der Waals surface area contributed by atoms with Crippen LogP contribution in [0, 0.1) is 0 Å². The molecule has 3 aromatic heterocycles. The predicted octanol–water partition coefficient (Wildman–Crippen LogP) is 4.92. The molecule has 8 heteroatoms. The molecule has 172 valence electrons. The third kappa shape index (κ3) is 5.02. The predicted molar refractivity (Wildman–Crippen MR) is 136 cm³/mol. The summed E-state index contributed by atoms with van der Waals surface area (Å²) in [5, 5.41) is 7.95. The summed E-state index contributed by atoms with van der Waals surface area (Å²) < 4.78 is 2.64. The number of nitrogens with zero attached hydrogens (tertiary/aromatic N) is 5. The van der Waals surface area contributed by atoms with Gasteiger partial charge in [-0.2, -0.15) is 9.61 Å². The number of aromatic nitrogens is 4. The standard InChI is InChI=1S/C26H25BrN6O/c27-22-17-30-33-24(29-16-20-8-4-12-28-15-20)14-23(31-26(22)33)21-9-5-13-32(18-21)25(34)11-10-19-6-2-1-3-7-19/h1-4,6-8,10-12,14-15,17,21,29H,5,9,13,16,18H2. The zero-order chi connectivity index (χ0) is 23.3. The van der Waals surface area contributed by atoms with Crippen molar-refractivity contribution in [2.24, 2.45) is 0 Å². The minimum Gasteiger partial charge on any atom is -0.366 e. The fourth-order valence-electron chi connectivity index (χ4n) is 4.24. The second-order valence-corrected chi connectivity index (χ2v) is 9.23. The van der Waals surface area contributed by atoms with Crippen LogP contribution in [-0.2, 0) is 11.3 Å². The van der Waals surface area contributed by atoms with E-state index in [1.165, 1.54) is 0 Å². The summed E-state index contributed by atoms with van der Waals surface area (Å²) in [6.45, 7) is 2.04. The number of nitrogens with one attached hydrogen (secondary N) is 1. The molecule has 0 spiro atoms. The number of anilines is 1. The number of amides is 1. The molecular formula is C26H25BrN6O. The molecule has 1 unspecified atom stereocenters. The Morgan fingerprint density at radius 3 is 2.88 bits per heavy atom. The second kappa shape index (κ2) is 10.2. The number of hydrogen-bond donors (Lipinski definition) is 1. The highest BCUT2D eigenvalue weighted by atomic mass is 79.9. The van der Waals surface area contributed by atoms with Crippen LogP contribution in [0.25, 0.3) is 11.7 Å². The number of likely N-dealkylation sites (tertiary alicyclic amines) is 1. The number of rotatable bonds is 6. The Morgan fingerprint density at radius 2 is 2.06 bits per heavy atom. The van der Waals surface area contributed by atoms with Crippen molar-refractivity contribution in [3.05, 3.63) is 94.5 Å². The number of benzene rings is 1. The van der Waals surface area contributed by atoms with Gasteiger partial charge >= 0.3 is 0 Å². The highest BCUT2D eigenvalue weighted by Crippen LogP contribution is 2.30. The van der Waals surface area contributed by atoms with Crippen LogP contribution in [0.5, 0.6) is 0 Å². The molecular weight excluding hydrogens is 492 g/mol. The maximum absolute atomic E-state index is 12.9. The Kier molecular flexibility index (Phi) is 6.67. The maximum atomic E-state index is 12.9. The Balaban J connectivity index is 1.36. The molecule has 34 heavy (non-hydrogen) atoms. The van der Waals surface area contributed by atoms with Gasteiger partial charge in [-0.05, 0) is 52.0 Å². The van der Waals surface area contributed by atoms with Gasteiger partial charge in [0.25, 0.3) is 0 Å². The zero-order valence-corrected chi connectivity index (χ0v) is 20.2. The number of pyridine rings is 1. The molecule has 1 aliphatic heterocycles. The summed E-state index contributed by atoms with van der Waals surface area (Å²) in [7, 11) is 0. The molecule has 4 aromatic rings. The van der Waals surface area contributed by atoms with Gasteiger partial charge in [0, 0.05) is 50.1 Å². The van der Waals surface area contributed by atoms with Crippen molar-refractivity contribution in [1.29, 1.82) is 0 Å². The lowest BCUT2D eigenvalue weighted by molar-refractivity contribution is -0.127. The molecule has 1 amide bonds. The van der Waals surface area contributed by atoms with E-state index in [-0.39, 0.29) is 11.8 Å². The number of carbonyl (C=O) groups is 1. The van der Waals surface area contributed by atoms with E-state index in [0.29, 0.717) is 13.1 Å². The average molecular weight is 517 g/mol. The van der Waals surface area contributed by atoms with Gasteiger partial charge in [0.1, 0.15) is 5.82 Å². The van der Waals surface area contributed by atoms with E-state index in [4.69, 9.17) is 4.98 Å². The molecule has 0 bridgehead atoms. The summed E-state index contributed by atoms with van der Waals surface area (Å²) in [5.74, 6) is 1.06. The van der Waals surface area contributed by atoms with Gasteiger partial charge in [-0.3, -0.25) is 9.78 Å². The molecule has 0 radical (unpaired) electrons. The highest BCUT2D eigenvalue weighted by Gasteiger charge is 2.26. The first kappa shape index (κ1) is 22.3. The van der Waals surface area contributed by atoms with Crippen molar-refractivity contribution in [2.75, 3.05) is 18.4 Å². The number of fused-ring (bicyclic) bond motifs is 1. The minimum atomic E-state index is 0.0371. The van der Waals surface area contributed by atoms with Gasteiger partial charge in [0.05, 0.1) is 16.4 Å². The molecule has 1 aromatic carbocycles. The first-order chi connectivity index (χ1) is 16.7. The maximum Gasteiger partial charge on any atom is 0.246 e. The van der Waals surface area contributed by atoms with Crippen LogP contribution in [0.2, 0.25) is 0 Å². The first-order valence-electron chi connectivity index (χ1n) is 11.4. The molecule has 1 aliphatic rings. The Labute approximate surface area is 206 Å². The van der Waals surface area contributed by atoms with Crippen LogP contribution >= 0.6 is 15.9 Å². The Hall–Kier alpha value is -3.52. The SMILES string of the molecule is O=C(C=Cc1ccccc1)N1CCCC(c2cc(NCc3cccnc3)n3ncc(Br)c3n2)C1. The summed E-state index contributed by atoms with van der Waals surface area (Å²) in [5.41, 5.74) is 3.83. The fraction of sp³-hybridized carbons (Fsp3) is 0.231. The van der Waals surface area contributed by atoms with Crippen molar-refractivity contribution >= 4 is 39.4 Å². The number of hydrogen-bond acceptors (Lipinski definition) is 5. The average Bonchev–Trinajstić information content (AvgIpc) is 3.28. The minimum absolute atomic E-state index is 0.0371. The first-order valence-corrected chi connectivity index (χ1v) is 12.2. The molecule has 7 nitrogen and oxygen atoms in total. The van der Waals surface area contributed by atoms with Crippen molar-refractivity contribution in [3.63, 3.8) is 0 Å². The summed E-state index contributed by atoms with van der Waals surface area (Å²) >= 11 is 3.58. The third-order valence-electron chi connectivity index (χ3n) is 6.01. The van der Waals surface area contributed by atoms with E-state index < -0.39 is 0 Å². The quantitative estimate of drug-likeness (QED) is 0.368. The molecule has 5 rings (SSSR count). The monoisotopic (exact) mass is 516 g/mol. The van der Waals surface area contributed by atoms with Gasteiger partial charge in [0.2, 0.25) is 5.91 Å². The number of piperidine rings is 1. The highest BCUT2D eigenvalue weighted by molar-refractivity contribution is 9.10. The number of halogens is 1. The molecule has 1 saturated heterocycles. The molecule has 1 atom stereocenters. The van der Waals surface area contributed by atoms with Crippen molar-refractivity contribution < 1.29 is 4.79 Å². The van der Waals surface area contributed by atoms with E-state index in [0.717, 1.165) is 52.1 Å². The van der Waals surface area contributed by atoms with Crippen molar-refractivity contribution in [3.8, 4) is 0 Å². The van der Waals surface area contributed by atoms with E-state index >= 15 is 0 Å². The third-order valence-corrected chi connectivity index (χ3v) is 6.57. The molecule has 0 aliphatic carbocycles. The van der Waals surface area contributed by atoms with Gasteiger partial charge in [-0.1, -0.05) is 36.4 Å². The lowest BCUT2D eigenvalue weighted by atomic mass is 9.94.